The average molecular weight is 392 g/mol. The Labute approximate surface area is 165 Å². The van der Waals surface area contributed by atoms with Crippen LogP contribution in [0.15, 0.2) is 62.6 Å². The molecule has 0 unspecified atom stereocenters. The molecule has 28 heavy (non-hydrogen) atoms. The number of phenolic OH excluding ortho intramolecular Hbond substituents is 1. The highest BCUT2D eigenvalue weighted by Crippen LogP contribution is 2.43. The van der Waals surface area contributed by atoms with Crippen molar-refractivity contribution in [3.8, 4) is 28.2 Å². The zero-order valence-electron chi connectivity index (χ0n) is 14.9. The molecule has 2 aliphatic rings. The highest BCUT2D eigenvalue weighted by Gasteiger charge is 2.23. The van der Waals surface area contributed by atoms with E-state index >= 15 is 0 Å². The lowest BCUT2D eigenvalue weighted by atomic mass is 9.89. The molecule has 0 bridgehead atoms. The van der Waals surface area contributed by atoms with E-state index in [0.29, 0.717) is 50.3 Å². The van der Waals surface area contributed by atoms with Gasteiger partial charge in [0.15, 0.2) is 5.43 Å². The minimum atomic E-state index is -1.08. The number of aromatic hydroxyl groups is 1. The third kappa shape index (κ3) is 2.82. The van der Waals surface area contributed by atoms with E-state index in [-0.39, 0.29) is 16.7 Å². The molecule has 1 aliphatic carbocycles. The van der Waals surface area contributed by atoms with Crippen LogP contribution in [-0.2, 0) is 6.42 Å². The molecule has 0 fully saturated rings. The van der Waals surface area contributed by atoms with Crippen molar-refractivity contribution in [1.82, 2.24) is 0 Å². The van der Waals surface area contributed by atoms with E-state index in [4.69, 9.17) is 4.42 Å². The lowest BCUT2D eigenvalue weighted by Crippen LogP contribution is -2.04. The molecule has 0 saturated carbocycles. The van der Waals surface area contributed by atoms with Gasteiger partial charge in [0.1, 0.15) is 17.1 Å². The van der Waals surface area contributed by atoms with Gasteiger partial charge in [-0.1, -0.05) is 13.0 Å². The van der Waals surface area contributed by atoms with Gasteiger partial charge in [-0.3, -0.25) is 4.79 Å². The second-order valence-electron chi connectivity index (χ2n) is 6.46. The van der Waals surface area contributed by atoms with Gasteiger partial charge in [-0.25, -0.2) is 4.79 Å². The summed E-state index contributed by atoms with van der Waals surface area (Å²) in [6.45, 7) is 1.89. The summed E-state index contributed by atoms with van der Waals surface area (Å²) in [5.74, 6) is -0.656. The summed E-state index contributed by atoms with van der Waals surface area (Å²) in [4.78, 5) is 24.3. The van der Waals surface area contributed by atoms with Gasteiger partial charge in [0.05, 0.1) is 5.56 Å². The van der Waals surface area contributed by atoms with Crippen LogP contribution in [0, 0.1) is 0 Å². The van der Waals surface area contributed by atoms with Crippen molar-refractivity contribution in [3.05, 3.63) is 69.9 Å². The number of hydrogen-bond donors (Lipinski definition) is 3. The maximum absolute atomic E-state index is 11.9. The first-order valence-electron chi connectivity index (χ1n) is 8.68. The summed E-state index contributed by atoms with van der Waals surface area (Å²) in [6, 6.07) is 12.6. The Hall–Kier alpha value is -3.25. The molecule has 0 spiro atoms. The summed E-state index contributed by atoms with van der Waals surface area (Å²) < 4.78 is 5.99. The van der Waals surface area contributed by atoms with Crippen LogP contribution in [0.4, 0.5) is 0 Å². The lowest BCUT2D eigenvalue weighted by molar-refractivity contribution is 0.0697. The topological polar surface area (TPSA) is 87.7 Å². The Bertz CT molecular complexity index is 1270. The quantitative estimate of drug-likeness (QED) is 0.344. The largest absolute Gasteiger partial charge is 0.508 e. The number of aromatic carboxylic acids is 1. The van der Waals surface area contributed by atoms with Crippen LogP contribution in [0.25, 0.3) is 33.4 Å². The SMILES string of the molecule is CCc1c(O)ccc2c(-c3ccc(S)cc3C(=O)O)c3ccc(=O)cc-3oc12. The van der Waals surface area contributed by atoms with E-state index in [2.05, 4.69) is 12.6 Å². The molecule has 4 rings (SSSR count). The number of benzene rings is 3. The van der Waals surface area contributed by atoms with Crippen molar-refractivity contribution < 1.29 is 19.4 Å². The number of hydrogen-bond acceptors (Lipinski definition) is 5. The maximum Gasteiger partial charge on any atom is 0.336 e. The number of carboxylic acid groups (broad SMARTS) is 1. The molecule has 2 N–H and O–H groups in total. The van der Waals surface area contributed by atoms with Crippen molar-refractivity contribution in [2.75, 3.05) is 0 Å². The fourth-order valence-electron chi connectivity index (χ4n) is 3.54. The molecule has 5 nitrogen and oxygen atoms in total. The Balaban J connectivity index is 2.25. The second-order valence-corrected chi connectivity index (χ2v) is 6.98. The van der Waals surface area contributed by atoms with E-state index in [9.17, 15) is 19.8 Å². The highest BCUT2D eigenvalue weighted by molar-refractivity contribution is 7.80. The van der Waals surface area contributed by atoms with Gasteiger partial charge in [-0.05, 0) is 48.4 Å². The minimum absolute atomic E-state index is 0.0893. The number of fused-ring (bicyclic) bond motifs is 2. The third-order valence-corrected chi connectivity index (χ3v) is 5.07. The van der Waals surface area contributed by atoms with E-state index in [0.717, 1.165) is 0 Å². The summed E-state index contributed by atoms with van der Waals surface area (Å²) >= 11 is 4.26. The summed E-state index contributed by atoms with van der Waals surface area (Å²) in [7, 11) is 0. The van der Waals surface area contributed by atoms with Crippen LogP contribution in [-0.4, -0.2) is 16.2 Å². The minimum Gasteiger partial charge on any atom is -0.508 e. The molecular formula is C22H16O5S. The van der Waals surface area contributed by atoms with Crippen molar-refractivity contribution >= 4 is 29.6 Å². The number of rotatable bonds is 3. The van der Waals surface area contributed by atoms with Crippen LogP contribution in [0.1, 0.15) is 22.8 Å². The van der Waals surface area contributed by atoms with Crippen molar-refractivity contribution in [1.29, 1.82) is 0 Å². The molecule has 0 aromatic heterocycles. The normalized spacial score (nSPS) is 11.2. The number of carboxylic acids is 1. The molecule has 2 aromatic rings. The summed E-state index contributed by atoms with van der Waals surface area (Å²) in [5, 5.41) is 20.6. The molecule has 0 radical (unpaired) electrons. The number of phenols is 1. The lowest BCUT2D eigenvalue weighted by Gasteiger charge is -2.18. The monoisotopic (exact) mass is 392 g/mol. The van der Waals surface area contributed by atoms with Gasteiger partial charge in [-0.2, -0.15) is 0 Å². The van der Waals surface area contributed by atoms with Crippen LogP contribution >= 0.6 is 12.6 Å². The van der Waals surface area contributed by atoms with Gasteiger partial charge in [0.25, 0.3) is 0 Å². The highest BCUT2D eigenvalue weighted by atomic mass is 32.1. The first-order valence-corrected chi connectivity index (χ1v) is 9.13. The van der Waals surface area contributed by atoms with Gasteiger partial charge >= 0.3 is 5.97 Å². The molecule has 1 heterocycles. The Morgan fingerprint density at radius 3 is 2.54 bits per heavy atom. The third-order valence-electron chi connectivity index (χ3n) is 4.80. The van der Waals surface area contributed by atoms with Crippen LogP contribution in [0.5, 0.6) is 5.75 Å². The predicted molar refractivity (Wildman–Crippen MR) is 110 cm³/mol. The molecule has 140 valence electrons. The summed E-state index contributed by atoms with van der Waals surface area (Å²) in [5.41, 5.74) is 2.65. The van der Waals surface area contributed by atoms with Crippen LogP contribution in [0.2, 0.25) is 0 Å². The Kier molecular flexibility index (Phi) is 4.35. The molecule has 0 atom stereocenters. The first kappa shape index (κ1) is 18.1. The maximum atomic E-state index is 11.9. The van der Waals surface area contributed by atoms with Gasteiger partial charge < -0.3 is 14.6 Å². The zero-order chi connectivity index (χ0) is 20.0. The van der Waals surface area contributed by atoms with Crippen molar-refractivity contribution in [2.45, 2.75) is 18.2 Å². The van der Waals surface area contributed by atoms with E-state index in [1.54, 1.807) is 30.3 Å². The van der Waals surface area contributed by atoms with E-state index in [1.807, 2.05) is 6.92 Å². The van der Waals surface area contributed by atoms with Crippen molar-refractivity contribution in [3.63, 3.8) is 0 Å². The van der Waals surface area contributed by atoms with Crippen LogP contribution in [0.3, 0.4) is 0 Å². The summed E-state index contributed by atoms with van der Waals surface area (Å²) in [6.07, 6.45) is 0.510. The fourth-order valence-corrected chi connectivity index (χ4v) is 3.74. The number of carbonyl (C=O) groups is 1. The van der Waals surface area contributed by atoms with Crippen LogP contribution < -0.4 is 5.43 Å². The van der Waals surface area contributed by atoms with Gasteiger partial charge in [0, 0.05) is 33.0 Å². The van der Waals surface area contributed by atoms with E-state index in [1.165, 1.54) is 18.2 Å². The molecule has 2 aromatic carbocycles. The predicted octanol–water partition coefficient (Wildman–Crippen LogP) is 4.82. The molecule has 0 amide bonds. The molecular weight excluding hydrogens is 376 g/mol. The average Bonchev–Trinajstić information content (AvgIpc) is 2.66. The van der Waals surface area contributed by atoms with Gasteiger partial charge in [0.2, 0.25) is 0 Å². The fraction of sp³-hybridized carbons (Fsp3) is 0.0909. The molecule has 0 saturated heterocycles. The zero-order valence-corrected chi connectivity index (χ0v) is 15.8. The first-order chi connectivity index (χ1) is 13.4. The molecule has 1 aliphatic heterocycles. The number of aryl methyl sites for hydroxylation is 1. The Morgan fingerprint density at radius 2 is 1.82 bits per heavy atom. The smallest absolute Gasteiger partial charge is 0.336 e. The Morgan fingerprint density at radius 1 is 1.07 bits per heavy atom. The van der Waals surface area contributed by atoms with Crippen molar-refractivity contribution in [2.24, 2.45) is 0 Å². The van der Waals surface area contributed by atoms with Gasteiger partial charge in [-0.15, -0.1) is 12.6 Å². The standard InChI is InChI=1S/C22H16O5S/c1-2-13-18(24)8-7-16-20(14-6-4-12(28)10-17(14)22(25)26)15-5-3-11(23)9-19(15)27-21(13)16/h3-10,24,28H,2H2,1H3,(H,25,26). The number of thiol groups is 1. The second kappa shape index (κ2) is 6.73. The molecule has 6 heteroatoms. The van der Waals surface area contributed by atoms with E-state index < -0.39 is 5.97 Å².